The number of imidazole rings is 1. The summed E-state index contributed by atoms with van der Waals surface area (Å²) in [5.41, 5.74) is 6.85. The number of rotatable bonds is 5. The van der Waals surface area contributed by atoms with Crippen molar-refractivity contribution < 1.29 is 14.2 Å². The molecule has 10 heteroatoms. The highest BCUT2D eigenvalue weighted by molar-refractivity contribution is 7.82. The first kappa shape index (κ1) is 13.0. The van der Waals surface area contributed by atoms with Crippen LogP contribution in [0.5, 0.6) is 0 Å². The smallest absolute Gasteiger partial charge is 0.165 e. The van der Waals surface area contributed by atoms with E-state index in [0.717, 1.165) is 0 Å². The van der Waals surface area contributed by atoms with E-state index in [9.17, 15) is 4.57 Å². The Morgan fingerprint density at radius 3 is 3.00 bits per heavy atom. The molecule has 2 rings (SSSR count). The second kappa shape index (κ2) is 5.05. The Bertz CT molecular complexity index is 597. The van der Waals surface area contributed by atoms with Gasteiger partial charge in [-0.25, -0.2) is 15.0 Å². The van der Waals surface area contributed by atoms with Crippen LogP contribution in [0.15, 0.2) is 12.7 Å². The van der Waals surface area contributed by atoms with Crippen molar-refractivity contribution in [3.8, 4) is 0 Å². The summed E-state index contributed by atoms with van der Waals surface area (Å²) in [6.45, 7) is 0.846. The normalized spacial score (nSPS) is 14.8. The van der Waals surface area contributed by atoms with Crippen molar-refractivity contribution in [1.29, 1.82) is 0 Å². The molecule has 2 aromatic heterocycles. The van der Waals surface area contributed by atoms with Crippen molar-refractivity contribution in [2.24, 2.45) is 0 Å². The Balaban J connectivity index is 2.00. The van der Waals surface area contributed by atoms with Gasteiger partial charge in [-0.2, -0.15) is 0 Å². The number of aromatic nitrogens is 4. The lowest BCUT2D eigenvalue weighted by Gasteiger charge is -2.11. The number of ether oxygens (including phenoxy) is 1. The van der Waals surface area contributed by atoms with Crippen LogP contribution in [-0.2, 0) is 15.8 Å². The summed E-state index contributed by atoms with van der Waals surface area (Å²) in [5, 5.41) is 0. The van der Waals surface area contributed by atoms with Gasteiger partial charge in [0.25, 0.3) is 0 Å². The van der Waals surface area contributed by atoms with Crippen molar-refractivity contribution in [3.05, 3.63) is 12.7 Å². The minimum Gasteiger partial charge on any atom is -0.382 e. The second-order valence-corrected chi connectivity index (χ2v) is 4.22. The van der Waals surface area contributed by atoms with Crippen molar-refractivity contribution in [2.45, 2.75) is 6.54 Å². The van der Waals surface area contributed by atoms with E-state index in [1.807, 2.05) is 0 Å². The first-order valence-corrected chi connectivity index (χ1v) is 6.21. The molecular formula is C8H14BN5O3P-. The fourth-order valence-electron chi connectivity index (χ4n) is 1.37. The highest BCUT2D eigenvalue weighted by atomic mass is 31.2. The lowest BCUT2D eigenvalue weighted by molar-refractivity contribution is 0.162. The van der Waals surface area contributed by atoms with Gasteiger partial charge in [0, 0.05) is 6.54 Å². The van der Waals surface area contributed by atoms with Crippen molar-refractivity contribution in [3.63, 3.8) is 0 Å². The predicted octanol–water partition coefficient (Wildman–Crippen LogP) is -1.07. The fraction of sp³-hybridized carbons (Fsp3) is 0.375. The summed E-state index contributed by atoms with van der Waals surface area (Å²) < 4.78 is 18.1. The third kappa shape index (κ3) is 3.07. The zero-order chi connectivity index (χ0) is 13.2. The number of nitrogens with two attached hydrogens (primary N) is 1. The van der Waals surface area contributed by atoms with Gasteiger partial charge in [-0.1, -0.05) is 0 Å². The van der Waals surface area contributed by atoms with Crippen molar-refractivity contribution >= 4 is 31.8 Å². The summed E-state index contributed by atoms with van der Waals surface area (Å²) in [6, 6.07) is 0. The zero-order valence-corrected chi connectivity index (χ0v) is 9.75. The van der Waals surface area contributed by atoms with Gasteiger partial charge >= 0.3 is 0 Å². The number of nitrogen functional groups attached to an aromatic ring is 1. The fourth-order valence-corrected chi connectivity index (χ4v) is 1.65. The van der Waals surface area contributed by atoms with E-state index in [2.05, 4.69) is 15.0 Å². The molecule has 3 N–H and O–H groups in total. The molecule has 0 aliphatic rings. The standard InChI is InChI=1S/C8H14BN5O3P/c9-18(15,16)5-17-2-1-14-4-13-6-7(10)11-3-12-8(6)14/h3-4H,1-2,5H2,9H3,(H,15,16)(H2,10,11,12)/q-1. The third-order valence-corrected chi connectivity index (χ3v) is 2.51. The lowest BCUT2D eigenvalue weighted by atomic mass is 10.5. The van der Waals surface area contributed by atoms with Gasteiger partial charge in [-0.05, 0) is 0 Å². The summed E-state index contributed by atoms with van der Waals surface area (Å²) >= 11 is 0. The maximum atomic E-state index is 11.1. The Morgan fingerprint density at radius 2 is 2.28 bits per heavy atom. The first-order valence-electron chi connectivity index (χ1n) is 4.81. The van der Waals surface area contributed by atoms with E-state index in [1.165, 1.54) is 6.33 Å². The van der Waals surface area contributed by atoms with Gasteiger partial charge in [-0.15, -0.1) is 0 Å². The monoisotopic (exact) mass is 270 g/mol. The van der Waals surface area contributed by atoms with Crippen molar-refractivity contribution in [1.82, 2.24) is 19.5 Å². The van der Waals surface area contributed by atoms with Crippen LogP contribution in [0.4, 0.5) is 5.82 Å². The second-order valence-electron chi connectivity index (χ2n) is 3.26. The molecule has 18 heavy (non-hydrogen) atoms. The quantitative estimate of drug-likeness (QED) is 0.403. The number of hydrogen-bond donors (Lipinski definition) is 2. The Labute approximate surface area is 104 Å². The molecule has 0 fully saturated rings. The van der Waals surface area contributed by atoms with Crippen molar-refractivity contribution in [2.75, 3.05) is 18.7 Å². The summed E-state index contributed by atoms with van der Waals surface area (Å²) in [6.07, 6.45) is 2.93. The number of anilines is 1. The molecule has 1 atom stereocenters. The molecule has 1 unspecified atom stereocenters. The molecule has 0 aliphatic heterocycles. The van der Waals surface area contributed by atoms with Crippen LogP contribution in [0.3, 0.4) is 0 Å². The molecule has 2 heterocycles. The van der Waals surface area contributed by atoms with Crippen LogP contribution >= 0.6 is 7.25 Å². The molecule has 98 valence electrons. The molecule has 0 aromatic carbocycles. The molecule has 0 amide bonds. The van der Waals surface area contributed by atoms with Gasteiger partial charge < -0.3 is 24.5 Å². The highest BCUT2D eigenvalue weighted by Crippen LogP contribution is 2.32. The zero-order valence-electron chi connectivity index (χ0n) is 8.85. The predicted molar refractivity (Wildman–Crippen MR) is 70.3 cm³/mol. The molecule has 0 aliphatic carbocycles. The summed E-state index contributed by atoms with van der Waals surface area (Å²) in [7, 11) is -3.45. The number of nitrogens with zero attached hydrogens (tertiary/aromatic N) is 4. The first-order chi connectivity index (χ1) is 8.47. The molecule has 8 nitrogen and oxygen atoms in total. The Kier molecular flexibility index (Phi) is 3.65. The molecule has 0 bridgehead atoms. The van der Waals surface area contributed by atoms with E-state index >= 15 is 0 Å². The van der Waals surface area contributed by atoms with Crippen LogP contribution in [0.25, 0.3) is 11.2 Å². The van der Waals surface area contributed by atoms with E-state index in [0.29, 0.717) is 30.1 Å². The van der Waals surface area contributed by atoms with Crippen LogP contribution < -0.4 is 5.73 Å². The van der Waals surface area contributed by atoms with Crippen LogP contribution in [0.2, 0.25) is 0 Å². The molecular weight excluding hydrogens is 256 g/mol. The van der Waals surface area contributed by atoms with Gasteiger partial charge in [0.15, 0.2) is 11.5 Å². The van der Waals surface area contributed by atoms with Crippen LogP contribution in [0.1, 0.15) is 0 Å². The SMILES string of the molecule is [BH3-]P(=O)(O)COCCn1cnc2c(N)ncnc21. The molecule has 0 saturated carbocycles. The Hall–Kier alpha value is -1.44. The molecule has 0 saturated heterocycles. The average molecular weight is 270 g/mol. The summed E-state index contributed by atoms with van der Waals surface area (Å²) in [5.74, 6) is 0.337. The topological polar surface area (TPSA) is 116 Å². The third-order valence-electron chi connectivity index (χ3n) is 2.11. The van der Waals surface area contributed by atoms with Crippen LogP contribution in [0, 0.1) is 0 Å². The van der Waals surface area contributed by atoms with Gasteiger partial charge in [0.2, 0.25) is 0 Å². The van der Waals surface area contributed by atoms with Crippen LogP contribution in [-0.4, -0.2) is 44.9 Å². The minimum atomic E-state index is -2.87. The van der Waals surface area contributed by atoms with E-state index in [1.54, 1.807) is 10.9 Å². The van der Waals surface area contributed by atoms with Gasteiger partial charge in [0.05, 0.1) is 34.1 Å². The molecule has 2 aromatic rings. The molecule has 0 radical (unpaired) electrons. The highest BCUT2D eigenvalue weighted by Gasteiger charge is 2.08. The van der Waals surface area contributed by atoms with E-state index < -0.39 is 14.8 Å². The summed E-state index contributed by atoms with van der Waals surface area (Å²) in [4.78, 5) is 21.2. The average Bonchev–Trinajstić information content (AvgIpc) is 2.68. The number of fused-ring (bicyclic) bond motifs is 1. The lowest BCUT2D eigenvalue weighted by Crippen LogP contribution is -2.07. The number of hydrogen-bond acceptors (Lipinski definition) is 6. The largest absolute Gasteiger partial charge is 0.382 e. The molecule has 0 spiro atoms. The minimum absolute atomic E-state index is 0.0449. The van der Waals surface area contributed by atoms with Gasteiger partial charge in [0.1, 0.15) is 11.8 Å². The maximum Gasteiger partial charge on any atom is 0.165 e. The maximum absolute atomic E-state index is 11.1. The van der Waals surface area contributed by atoms with Gasteiger partial charge in [-0.3, -0.25) is 0 Å². The van der Waals surface area contributed by atoms with E-state index in [-0.39, 0.29) is 6.35 Å². The Morgan fingerprint density at radius 1 is 1.50 bits per heavy atom. The van der Waals surface area contributed by atoms with E-state index in [4.69, 9.17) is 15.4 Å².